The summed E-state index contributed by atoms with van der Waals surface area (Å²) >= 11 is 6.38. The summed E-state index contributed by atoms with van der Waals surface area (Å²) in [7, 11) is 3.03. The molecule has 1 atom stereocenters. The predicted molar refractivity (Wildman–Crippen MR) is 145 cm³/mol. The molecule has 0 bridgehead atoms. The first-order valence-corrected chi connectivity index (χ1v) is 12.7. The van der Waals surface area contributed by atoms with E-state index in [1.54, 1.807) is 60.7 Å². The summed E-state index contributed by atoms with van der Waals surface area (Å²) in [6.07, 6.45) is 0.434. The van der Waals surface area contributed by atoms with Crippen LogP contribution in [0.25, 0.3) is 11.3 Å². The van der Waals surface area contributed by atoms with Crippen molar-refractivity contribution in [2.45, 2.75) is 18.8 Å². The van der Waals surface area contributed by atoms with Gasteiger partial charge in [-0.3, -0.25) is 9.59 Å². The van der Waals surface area contributed by atoms with Gasteiger partial charge in [0.05, 0.1) is 55.1 Å². The molecule has 2 aromatic carbocycles. The summed E-state index contributed by atoms with van der Waals surface area (Å²) in [5.74, 6) is 0.236. The number of methoxy groups -OCH3 is 2. The number of ketones is 1. The van der Waals surface area contributed by atoms with E-state index in [1.165, 1.54) is 14.2 Å². The number of carbonyl (C=O) groups excluding carboxylic acids is 1. The van der Waals surface area contributed by atoms with Crippen LogP contribution >= 0.6 is 11.6 Å². The third kappa shape index (κ3) is 5.67. The molecule has 11 heteroatoms. The van der Waals surface area contributed by atoms with E-state index in [0.29, 0.717) is 70.1 Å². The van der Waals surface area contributed by atoms with Crippen LogP contribution in [0.4, 0.5) is 0 Å². The smallest absolute Gasteiger partial charge is 0.311 e. The largest absolute Gasteiger partial charge is 0.493 e. The second kappa shape index (κ2) is 11.6. The summed E-state index contributed by atoms with van der Waals surface area (Å²) in [5, 5.41) is 18.2. The molecule has 0 radical (unpaired) electrons. The van der Waals surface area contributed by atoms with E-state index < -0.39 is 11.9 Å². The molecule has 1 N–H and O–H groups in total. The van der Waals surface area contributed by atoms with Gasteiger partial charge in [0.1, 0.15) is 17.2 Å². The van der Waals surface area contributed by atoms with Crippen molar-refractivity contribution in [3.63, 3.8) is 0 Å². The average Bonchev–Trinajstić information content (AvgIpc) is 2.97. The quantitative estimate of drug-likeness (QED) is 0.266. The van der Waals surface area contributed by atoms with Crippen LogP contribution in [0, 0.1) is 0 Å². The molecular formula is C29H24ClN3O7. The molecule has 1 aliphatic rings. The maximum absolute atomic E-state index is 12.9. The number of aromatic nitrogens is 3. The topological polar surface area (TPSA) is 130 Å². The first-order chi connectivity index (χ1) is 19.4. The van der Waals surface area contributed by atoms with Crippen molar-refractivity contribution in [2.24, 2.45) is 0 Å². The first-order valence-electron chi connectivity index (χ1n) is 12.3. The van der Waals surface area contributed by atoms with E-state index in [-0.39, 0.29) is 17.2 Å². The Morgan fingerprint density at radius 3 is 2.50 bits per heavy atom. The van der Waals surface area contributed by atoms with Crippen molar-refractivity contribution in [1.29, 1.82) is 0 Å². The molecule has 0 aliphatic carbocycles. The summed E-state index contributed by atoms with van der Waals surface area (Å²) < 4.78 is 22.0. The van der Waals surface area contributed by atoms with Crippen molar-refractivity contribution < 1.29 is 33.6 Å². The number of nitrogens with zero attached hydrogens (tertiary/aromatic N) is 3. The molecule has 0 amide bonds. The van der Waals surface area contributed by atoms with Crippen LogP contribution in [0.2, 0.25) is 5.02 Å². The van der Waals surface area contributed by atoms with Gasteiger partial charge in [-0.25, -0.2) is 0 Å². The fourth-order valence-electron chi connectivity index (χ4n) is 4.31. The lowest BCUT2D eigenvalue weighted by atomic mass is 9.93. The van der Waals surface area contributed by atoms with Crippen LogP contribution < -0.4 is 18.9 Å². The van der Waals surface area contributed by atoms with Crippen molar-refractivity contribution >= 4 is 23.4 Å². The number of benzene rings is 2. The van der Waals surface area contributed by atoms with E-state index in [0.717, 1.165) is 0 Å². The van der Waals surface area contributed by atoms with Crippen LogP contribution in [0.3, 0.4) is 0 Å². The zero-order chi connectivity index (χ0) is 28.2. The minimum Gasteiger partial charge on any atom is -0.493 e. The molecule has 1 aliphatic heterocycles. The number of carbonyl (C=O) groups is 2. The number of ether oxygens (including phenoxy) is 4. The van der Waals surface area contributed by atoms with Crippen molar-refractivity contribution in [3.8, 4) is 40.3 Å². The fourth-order valence-corrected chi connectivity index (χ4v) is 4.52. The van der Waals surface area contributed by atoms with Gasteiger partial charge in [0.2, 0.25) is 11.8 Å². The number of hydrogen-bond acceptors (Lipinski definition) is 9. The number of carboxylic acids is 1. The maximum atomic E-state index is 12.9. The Morgan fingerprint density at radius 1 is 1.02 bits per heavy atom. The fraction of sp³-hybridized carbons (Fsp3) is 0.207. The highest BCUT2D eigenvalue weighted by atomic mass is 35.5. The zero-order valence-corrected chi connectivity index (χ0v) is 22.3. The molecule has 40 heavy (non-hydrogen) atoms. The Hall–Kier alpha value is -4.70. The van der Waals surface area contributed by atoms with Gasteiger partial charge in [-0.05, 0) is 55.0 Å². The summed E-state index contributed by atoms with van der Waals surface area (Å²) in [6.45, 7) is 0.293. The van der Waals surface area contributed by atoms with Crippen LogP contribution in [0.5, 0.6) is 29.0 Å². The number of rotatable bonds is 9. The van der Waals surface area contributed by atoms with Crippen molar-refractivity contribution in [1.82, 2.24) is 15.2 Å². The number of halogens is 1. The minimum absolute atomic E-state index is 0.0597. The Morgan fingerprint density at radius 2 is 1.82 bits per heavy atom. The number of carboxylic acid groups (broad SMARTS) is 1. The van der Waals surface area contributed by atoms with E-state index in [1.807, 2.05) is 0 Å². The molecule has 3 heterocycles. The molecule has 10 nitrogen and oxygen atoms in total. The molecule has 204 valence electrons. The minimum atomic E-state index is -0.925. The van der Waals surface area contributed by atoms with Crippen LogP contribution in [-0.2, 0) is 11.2 Å². The Bertz CT molecular complexity index is 1560. The van der Waals surface area contributed by atoms with Gasteiger partial charge in [-0.2, -0.15) is 15.2 Å². The van der Waals surface area contributed by atoms with E-state index >= 15 is 0 Å². The number of fused-ring (bicyclic) bond motifs is 1. The van der Waals surface area contributed by atoms with Gasteiger partial charge < -0.3 is 24.1 Å². The van der Waals surface area contributed by atoms with Gasteiger partial charge in [0, 0.05) is 23.3 Å². The predicted octanol–water partition coefficient (Wildman–Crippen LogP) is 5.38. The van der Waals surface area contributed by atoms with Gasteiger partial charge in [-0.15, -0.1) is 0 Å². The van der Waals surface area contributed by atoms with Crippen LogP contribution in [0.1, 0.15) is 34.0 Å². The lowest BCUT2D eigenvalue weighted by Gasteiger charge is -2.24. The highest BCUT2D eigenvalue weighted by Crippen LogP contribution is 2.42. The van der Waals surface area contributed by atoms with E-state index in [2.05, 4.69) is 15.2 Å². The lowest BCUT2D eigenvalue weighted by molar-refractivity contribution is -0.139. The van der Waals surface area contributed by atoms with E-state index in [4.69, 9.17) is 30.5 Å². The maximum Gasteiger partial charge on any atom is 0.311 e. The highest BCUT2D eigenvalue weighted by molar-refractivity contribution is 6.32. The lowest BCUT2D eigenvalue weighted by Crippen LogP contribution is -2.20. The second-order valence-corrected chi connectivity index (χ2v) is 9.30. The Kier molecular flexibility index (Phi) is 7.79. The molecule has 4 aromatic rings. The van der Waals surface area contributed by atoms with Gasteiger partial charge in [-0.1, -0.05) is 11.6 Å². The first kappa shape index (κ1) is 26.9. The zero-order valence-electron chi connectivity index (χ0n) is 21.6. The van der Waals surface area contributed by atoms with Crippen molar-refractivity contribution in [3.05, 3.63) is 82.5 Å². The summed E-state index contributed by atoms with van der Waals surface area (Å²) in [6, 6.07) is 16.7. The second-order valence-electron chi connectivity index (χ2n) is 8.90. The number of Topliss-reactive ketones (excluding diaryl/α,β-unsaturated/α-hetero) is 1. The molecule has 1 unspecified atom stereocenters. The van der Waals surface area contributed by atoms with Crippen LogP contribution in [-0.4, -0.2) is 52.9 Å². The number of pyridine rings is 1. The summed E-state index contributed by atoms with van der Waals surface area (Å²) in [4.78, 5) is 28.7. The normalized spacial score (nSPS) is 14.0. The molecule has 2 aromatic heterocycles. The molecule has 0 fully saturated rings. The Balaban J connectivity index is 1.25. The molecule has 0 saturated carbocycles. The number of aliphatic carboxylic acids is 1. The SMILES string of the molecule is COc1ccc(-c2ccc(CC(=O)c3ccc(Oc4cc5c(cc4Cl)C(C(=O)O)CCO5)cc3)nn2)c(OC)n1. The van der Waals surface area contributed by atoms with Crippen molar-refractivity contribution in [2.75, 3.05) is 20.8 Å². The van der Waals surface area contributed by atoms with E-state index in [9.17, 15) is 14.7 Å². The Labute approximate surface area is 234 Å². The van der Waals surface area contributed by atoms with Crippen LogP contribution in [0.15, 0.2) is 60.7 Å². The standard InChI is InChI=1S/C29H24ClN3O7/c1-37-27-10-8-20(28(31-27)38-2)23-9-5-17(32-33-23)13-24(34)16-3-6-18(7-4-16)40-26-15-25-21(14-22(26)30)19(29(35)36)11-12-39-25/h3-10,14-15,19H,11-13H2,1-2H3,(H,35,36). The highest BCUT2D eigenvalue weighted by Gasteiger charge is 2.29. The van der Waals surface area contributed by atoms with Gasteiger partial charge in [0.15, 0.2) is 5.78 Å². The van der Waals surface area contributed by atoms with Gasteiger partial charge >= 0.3 is 5.97 Å². The molecule has 5 rings (SSSR count). The average molecular weight is 562 g/mol. The summed E-state index contributed by atoms with van der Waals surface area (Å²) in [5.41, 5.74) is 2.71. The number of hydrogen-bond donors (Lipinski definition) is 1. The third-order valence-electron chi connectivity index (χ3n) is 6.38. The molecule has 0 spiro atoms. The van der Waals surface area contributed by atoms with Gasteiger partial charge in [0.25, 0.3) is 0 Å². The monoisotopic (exact) mass is 561 g/mol. The molecule has 0 saturated heterocycles. The third-order valence-corrected chi connectivity index (χ3v) is 6.68. The molecular weight excluding hydrogens is 538 g/mol.